The third-order valence-corrected chi connectivity index (χ3v) is 6.58. The van der Waals surface area contributed by atoms with E-state index in [1.807, 2.05) is 18.2 Å². The summed E-state index contributed by atoms with van der Waals surface area (Å²) in [6.07, 6.45) is 1.18. The van der Waals surface area contributed by atoms with E-state index < -0.39 is 11.0 Å². The number of hydrogen-bond acceptors (Lipinski definition) is 4. The first-order valence-electron chi connectivity index (χ1n) is 10.2. The van der Waals surface area contributed by atoms with Crippen LogP contribution < -0.4 is 5.32 Å². The zero-order valence-corrected chi connectivity index (χ0v) is 18.0. The number of halogens is 1. The highest BCUT2D eigenvalue weighted by atomic mass is 35.5. The first-order valence-corrected chi connectivity index (χ1v) is 10.6. The van der Waals surface area contributed by atoms with Crippen LogP contribution in [0, 0.1) is 15.5 Å². The van der Waals surface area contributed by atoms with E-state index in [1.165, 1.54) is 18.2 Å². The monoisotopic (exact) mass is 432 g/mol. The zero-order chi connectivity index (χ0) is 21.9. The standard InChI is InChI=1S/C25H21ClN2O3/c1-25(2)12-18-22-16-6-4-3-5-14(16)7-10-20(22)27-24(23(18)21(29)13-25)17-11-15(28(30)31)8-9-19(17)26/h3-11,24,27H,12-13H2,1-2H3/t24-/m1/s1. The van der Waals surface area contributed by atoms with Crippen LogP contribution in [0.3, 0.4) is 0 Å². The number of nitro groups is 1. The van der Waals surface area contributed by atoms with Crippen LogP contribution >= 0.6 is 11.6 Å². The van der Waals surface area contributed by atoms with Gasteiger partial charge in [0.15, 0.2) is 5.78 Å². The Morgan fingerprint density at radius 1 is 1.10 bits per heavy atom. The summed E-state index contributed by atoms with van der Waals surface area (Å²) in [5.41, 5.74) is 3.98. The largest absolute Gasteiger partial charge is 0.373 e. The van der Waals surface area contributed by atoms with Gasteiger partial charge in [0.1, 0.15) is 0 Å². The molecular formula is C25H21ClN2O3. The van der Waals surface area contributed by atoms with Crippen LogP contribution in [0.5, 0.6) is 0 Å². The quantitative estimate of drug-likeness (QED) is 0.360. The van der Waals surface area contributed by atoms with Crippen molar-refractivity contribution in [2.45, 2.75) is 32.7 Å². The summed E-state index contributed by atoms with van der Waals surface area (Å²) in [5, 5.41) is 17.5. The molecule has 1 N–H and O–H groups in total. The molecule has 5 nitrogen and oxygen atoms in total. The SMILES string of the molecule is CC1(C)CC(=O)C2=C(C1)c1c(ccc3ccccc13)N[C@@H]2c1cc([N+](=O)[O-])ccc1Cl. The number of hydrogen-bond donors (Lipinski definition) is 1. The maximum absolute atomic E-state index is 13.4. The lowest BCUT2D eigenvalue weighted by molar-refractivity contribution is -0.384. The number of benzene rings is 3. The normalized spacial score (nSPS) is 19.6. The smallest absolute Gasteiger partial charge is 0.269 e. The van der Waals surface area contributed by atoms with Gasteiger partial charge < -0.3 is 5.32 Å². The molecule has 0 aromatic heterocycles. The van der Waals surface area contributed by atoms with Gasteiger partial charge in [-0.1, -0.05) is 55.8 Å². The van der Waals surface area contributed by atoms with Crippen LogP contribution in [0.2, 0.25) is 5.02 Å². The number of nitro benzene ring substituents is 1. The fourth-order valence-corrected chi connectivity index (χ4v) is 5.16. The Hall–Kier alpha value is -3.18. The van der Waals surface area contributed by atoms with Gasteiger partial charge >= 0.3 is 0 Å². The summed E-state index contributed by atoms with van der Waals surface area (Å²) in [4.78, 5) is 24.4. The van der Waals surface area contributed by atoms with E-state index in [0.717, 1.165) is 34.0 Å². The summed E-state index contributed by atoms with van der Waals surface area (Å²) >= 11 is 6.49. The maximum atomic E-state index is 13.4. The first kappa shape index (κ1) is 19.8. The van der Waals surface area contributed by atoms with E-state index in [1.54, 1.807) is 0 Å². The van der Waals surface area contributed by atoms with Crippen LogP contribution in [-0.4, -0.2) is 10.7 Å². The van der Waals surface area contributed by atoms with E-state index in [2.05, 4.69) is 37.4 Å². The molecule has 5 rings (SSSR count). The highest BCUT2D eigenvalue weighted by Gasteiger charge is 2.41. The van der Waals surface area contributed by atoms with Gasteiger partial charge in [0.2, 0.25) is 0 Å². The lowest BCUT2D eigenvalue weighted by atomic mass is 9.68. The van der Waals surface area contributed by atoms with Crippen LogP contribution in [0.25, 0.3) is 16.3 Å². The molecule has 0 saturated heterocycles. The Labute approximate surface area is 184 Å². The predicted molar refractivity (Wildman–Crippen MR) is 123 cm³/mol. The van der Waals surface area contributed by atoms with Gasteiger partial charge in [0.05, 0.1) is 11.0 Å². The molecule has 1 aliphatic heterocycles. The Balaban J connectivity index is 1.80. The second kappa shape index (κ2) is 6.92. The van der Waals surface area contributed by atoms with Gasteiger partial charge in [0.25, 0.3) is 5.69 Å². The fourth-order valence-electron chi connectivity index (χ4n) is 4.94. The molecular weight excluding hydrogens is 412 g/mol. The summed E-state index contributed by atoms with van der Waals surface area (Å²) < 4.78 is 0. The lowest BCUT2D eigenvalue weighted by Crippen LogP contribution is -2.33. The van der Waals surface area contributed by atoms with Crippen molar-refractivity contribution >= 4 is 45.1 Å². The molecule has 1 heterocycles. The molecule has 0 radical (unpaired) electrons. The van der Waals surface area contributed by atoms with Crippen LogP contribution in [0.15, 0.2) is 60.2 Å². The van der Waals surface area contributed by atoms with Gasteiger partial charge in [-0.15, -0.1) is 0 Å². The molecule has 0 spiro atoms. The molecule has 1 aliphatic carbocycles. The molecule has 0 fully saturated rings. The molecule has 156 valence electrons. The highest BCUT2D eigenvalue weighted by molar-refractivity contribution is 6.31. The van der Waals surface area contributed by atoms with Crippen LogP contribution in [0.1, 0.15) is 43.9 Å². The van der Waals surface area contributed by atoms with Crippen molar-refractivity contribution in [1.82, 2.24) is 0 Å². The van der Waals surface area contributed by atoms with E-state index in [-0.39, 0.29) is 16.9 Å². The number of non-ortho nitro benzene ring substituents is 1. The third-order valence-electron chi connectivity index (χ3n) is 6.24. The number of carbonyl (C=O) groups is 1. The van der Waals surface area contributed by atoms with Crippen molar-refractivity contribution in [2.24, 2.45) is 5.41 Å². The van der Waals surface area contributed by atoms with E-state index in [9.17, 15) is 14.9 Å². The number of Topliss-reactive ketones (excluding diaryl/α,β-unsaturated/α-hetero) is 1. The second-order valence-electron chi connectivity index (χ2n) is 9.08. The van der Waals surface area contributed by atoms with Crippen LogP contribution in [-0.2, 0) is 4.79 Å². The average molecular weight is 433 g/mol. The van der Waals surface area contributed by atoms with Crippen molar-refractivity contribution in [1.29, 1.82) is 0 Å². The summed E-state index contributed by atoms with van der Waals surface area (Å²) in [6.45, 7) is 4.22. The molecule has 3 aromatic rings. The number of nitrogens with one attached hydrogen (secondary N) is 1. The Morgan fingerprint density at radius 2 is 1.87 bits per heavy atom. The molecule has 0 saturated carbocycles. The Kier molecular flexibility index (Phi) is 4.41. The summed E-state index contributed by atoms with van der Waals surface area (Å²) in [5.74, 6) is 0.0601. The van der Waals surface area contributed by atoms with Gasteiger partial charge in [-0.25, -0.2) is 0 Å². The molecule has 31 heavy (non-hydrogen) atoms. The predicted octanol–water partition coefficient (Wildman–Crippen LogP) is 6.71. The second-order valence-corrected chi connectivity index (χ2v) is 9.49. The minimum absolute atomic E-state index is 0.0451. The minimum atomic E-state index is -0.528. The van der Waals surface area contributed by atoms with E-state index >= 15 is 0 Å². The molecule has 3 aromatic carbocycles. The van der Waals surface area contributed by atoms with Gasteiger partial charge in [-0.3, -0.25) is 14.9 Å². The van der Waals surface area contributed by atoms with Crippen molar-refractivity contribution in [3.05, 3.63) is 86.4 Å². The topological polar surface area (TPSA) is 72.2 Å². The molecule has 2 aliphatic rings. The molecule has 0 unspecified atom stereocenters. The van der Waals surface area contributed by atoms with Crippen molar-refractivity contribution in [3.63, 3.8) is 0 Å². The van der Waals surface area contributed by atoms with Crippen molar-refractivity contribution < 1.29 is 9.72 Å². The van der Waals surface area contributed by atoms with Crippen LogP contribution in [0.4, 0.5) is 11.4 Å². The molecule has 1 atom stereocenters. The summed E-state index contributed by atoms with van der Waals surface area (Å²) in [6, 6.07) is 16.1. The number of ketones is 1. The lowest BCUT2D eigenvalue weighted by Gasteiger charge is -2.40. The number of nitrogens with zero attached hydrogens (tertiary/aromatic N) is 1. The third kappa shape index (κ3) is 3.20. The maximum Gasteiger partial charge on any atom is 0.269 e. The van der Waals surface area contributed by atoms with Gasteiger partial charge in [0, 0.05) is 46.0 Å². The average Bonchev–Trinajstić information content (AvgIpc) is 2.72. The summed E-state index contributed by atoms with van der Waals surface area (Å²) in [7, 11) is 0. The molecule has 0 bridgehead atoms. The van der Waals surface area contributed by atoms with Crippen molar-refractivity contribution in [2.75, 3.05) is 5.32 Å². The molecule has 0 amide bonds. The number of allylic oxidation sites excluding steroid dienone is 1. The zero-order valence-electron chi connectivity index (χ0n) is 17.2. The number of carbonyl (C=O) groups excluding carboxylic acids is 1. The Morgan fingerprint density at radius 3 is 2.65 bits per heavy atom. The Bertz CT molecular complexity index is 1310. The number of fused-ring (bicyclic) bond motifs is 4. The van der Waals surface area contributed by atoms with Gasteiger partial charge in [-0.05, 0) is 40.3 Å². The van der Waals surface area contributed by atoms with Gasteiger partial charge in [-0.2, -0.15) is 0 Å². The van der Waals surface area contributed by atoms with E-state index in [0.29, 0.717) is 22.6 Å². The number of anilines is 1. The minimum Gasteiger partial charge on any atom is -0.373 e. The van der Waals surface area contributed by atoms with E-state index in [4.69, 9.17) is 11.6 Å². The highest BCUT2D eigenvalue weighted by Crippen LogP contribution is 2.52. The molecule has 6 heteroatoms. The fraction of sp³-hybridized carbons (Fsp3) is 0.240. The first-order chi connectivity index (χ1) is 14.7. The number of rotatable bonds is 2. The van der Waals surface area contributed by atoms with Crippen molar-refractivity contribution in [3.8, 4) is 0 Å².